The first-order chi connectivity index (χ1) is 46.6. The van der Waals surface area contributed by atoms with Crippen molar-refractivity contribution < 1.29 is 52.6 Å². The molecule has 510 valence electrons. The number of carbonyl (C=O) groups is 2. The van der Waals surface area contributed by atoms with E-state index in [0.717, 1.165) is 131 Å². The molecule has 96 heavy (non-hydrogen) atoms. The largest absolute Gasteiger partial charge is 0.507 e. The van der Waals surface area contributed by atoms with Crippen LogP contribution < -0.4 is 49.4 Å². The molecule has 0 fully saturated rings. The van der Waals surface area contributed by atoms with Crippen LogP contribution in [0.4, 0.5) is 22.7 Å². The highest BCUT2D eigenvalue weighted by Crippen LogP contribution is 2.36. The smallest absolute Gasteiger partial charge is 0.161 e. The highest BCUT2D eigenvalue weighted by Gasteiger charge is 2.22. The number of methoxy groups -OCH3 is 1. The zero-order chi connectivity index (χ0) is 68.9. The minimum absolute atomic E-state index is 0.0347. The van der Waals surface area contributed by atoms with Gasteiger partial charge in [-0.1, -0.05) is 92.5 Å². The van der Waals surface area contributed by atoms with Gasteiger partial charge in [-0.15, -0.1) is 0 Å². The number of hydrogen-bond acceptors (Lipinski definition) is 18. The number of phenols is 1. The molecule has 0 amide bonds. The summed E-state index contributed by atoms with van der Waals surface area (Å²) in [5.41, 5.74) is 21.6. The number of nitrogen functional groups attached to an aromatic ring is 2. The number of ether oxygens (including phenoxy) is 8. The van der Waals surface area contributed by atoms with Crippen LogP contribution in [0.3, 0.4) is 0 Å². The quantitative estimate of drug-likeness (QED) is 0.0159. The highest BCUT2D eigenvalue weighted by molar-refractivity contribution is 9.11. The van der Waals surface area contributed by atoms with Crippen molar-refractivity contribution in [1.29, 1.82) is 0 Å². The maximum absolute atomic E-state index is 10.8. The molecule has 0 aromatic heterocycles. The van der Waals surface area contributed by atoms with Crippen molar-refractivity contribution in [1.82, 2.24) is 14.7 Å². The number of aldehydes is 2. The molecule has 8 aromatic rings. The third-order valence-electron chi connectivity index (χ3n) is 14.3. The molecule has 2 aliphatic heterocycles. The van der Waals surface area contributed by atoms with Gasteiger partial charge in [0.05, 0.1) is 72.2 Å². The maximum Gasteiger partial charge on any atom is 0.161 e. The van der Waals surface area contributed by atoms with E-state index in [1.807, 2.05) is 111 Å². The monoisotopic (exact) mass is 1440 g/mol. The molecule has 5 N–H and O–H groups in total. The Bertz CT molecular complexity index is 3590. The second kappa shape index (κ2) is 42.5. The Hall–Kier alpha value is -8.92. The lowest BCUT2D eigenvalue weighted by molar-refractivity contribution is 0.111. The molecule has 10 rings (SSSR count). The van der Waals surface area contributed by atoms with Crippen LogP contribution in [0.5, 0.6) is 51.7 Å². The summed E-state index contributed by atoms with van der Waals surface area (Å²) < 4.78 is 46.4. The Kier molecular flexibility index (Phi) is 33.7. The summed E-state index contributed by atoms with van der Waals surface area (Å²) in [5, 5.41) is 11.0. The van der Waals surface area contributed by atoms with Crippen molar-refractivity contribution in [2.45, 2.75) is 32.1 Å². The van der Waals surface area contributed by atoms with Crippen molar-refractivity contribution in [3.8, 4) is 51.7 Å². The van der Waals surface area contributed by atoms with Gasteiger partial charge >= 0.3 is 0 Å². The lowest BCUT2D eigenvalue weighted by Crippen LogP contribution is -2.15. The number of hydrogen-bond donors (Lipinski definition) is 3. The summed E-state index contributed by atoms with van der Waals surface area (Å²) >= 11 is 6.40. The van der Waals surface area contributed by atoms with Crippen molar-refractivity contribution in [2.24, 2.45) is 9.98 Å². The van der Waals surface area contributed by atoms with Gasteiger partial charge in [-0.05, 0) is 182 Å². The van der Waals surface area contributed by atoms with Crippen LogP contribution >= 0.6 is 31.9 Å². The van der Waals surface area contributed by atoms with Crippen molar-refractivity contribution >= 4 is 78.6 Å². The van der Waals surface area contributed by atoms with E-state index >= 15 is 0 Å². The molecule has 2 heterocycles. The Morgan fingerprint density at radius 3 is 1.22 bits per heavy atom. The molecule has 0 atom stereocenters. The van der Waals surface area contributed by atoms with E-state index in [0.29, 0.717) is 92.3 Å². The van der Waals surface area contributed by atoms with Crippen LogP contribution in [-0.2, 0) is 12.8 Å². The number of nitrogens with zero attached hydrogens (tertiary/aromatic N) is 5. The van der Waals surface area contributed by atoms with E-state index in [2.05, 4.69) is 99.0 Å². The van der Waals surface area contributed by atoms with Crippen LogP contribution in [0.25, 0.3) is 0 Å². The Balaban J connectivity index is 0.000000246. The molecular weight excluding hydrogens is 1350 g/mol. The first-order valence-electron chi connectivity index (χ1n) is 31.7. The number of phenolic OH excluding ortho intramolecular Hbond substituents is 1. The predicted molar refractivity (Wildman–Crippen MR) is 395 cm³/mol. The number of carbonyl (C=O) groups excluding carboxylic acids is 2. The molecule has 0 saturated carbocycles. The molecule has 0 spiro atoms. The molecule has 0 aliphatic carbocycles. The van der Waals surface area contributed by atoms with Crippen LogP contribution in [-0.4, -0.2) is 170 Å². The van der Waals surface area contributed by atoms with Crippen molar-refractivity contribution in [3.05, 3.63) is 209 Å². The summed E-state index contributed by atoms with van der Waals surface area (Å²) in [4.78, 5) is 37.3. The Morgan fingerprint density at radius 1 is 0.427 bits per heavy atom. The zero-order valence-electron chi connectivity index (χ0n) is 56.1. The number of benzene rings is 8. The third-order valence-corrected chi connectivity index (χ3v) is 16.1. The van der Waals surface area contributed by atoms with Gasteiger partial charge in [-0.3, -0.25) is 19.6 Å². The van der Waals surface area contributed by atoms with Gasteiger partial charge in [0, 0.05) is 60.3 Å². The summed E-state index contributed by atoms with van der Waals surface area (Å²) in [6.45, 7) is 6.64. The average molecular weight is 1440 g/mol. The third kappa shape index (κ3) is 26.4. The fourth-order valence-corrected chi connectivity index (χ4v) is 9.50. The predicted octanol–water partition coefficient (Wildman–Crippen LogP) is 14.3. The molecule has 0 unspecified atom stereocenters. The maximum atomic E-state index is 10.8. The van der Waals surface area contributed by atoms with Gasteiger partial charge < -0.3 is 69.2 Å². The van der Waals surface area contributed by atoms with Crippen molar-refractivity contribution in [3.63, 3.8) is 0 Å². The van der Waals surface area contributed by atoms with Gasteiger partial charge in [0.2, 0.25) is 0 Å². The molecule has 2 aliphatic rings. The molecule has 0 saturated heterocycles. The van der Waals surface area contributed by atoms with E-state index in [1.165, 1.54) is 17.2 Å². The number of para-hydroxylation sites is 6. The van der Waals surface area contributed by atoms with Crippen LogP contribution in [0, 0.1) is 0 Å². The fraction of sp³-hybridized carbons (Fsp3) is 0.316. The van der Waals surface area contributed by atoms with Gasteiger partial charge in [0.25, 0.3) is 0 Å². The normalized spacial score (nSPS) is 11.5. The number of halogens is 2. The highest BCUT2D eigenvalue weighted by atomic mass is 79.9. The number of aromatic hydroxyl groups is 1. The van der Waals surface area contributed by atoms with Crippen LogP contribution in [0.1, 0.15) is 62.2 Å². The average Bonchev–Trinajstić information content (AvgIpc) is 1.68. The van der Waals surface area contributed by atoms with Crippen LogP contribution in [0.2, 0.25) is 0 Å². The fourth-order valence-electron chi connectivity index (χ4n) is 9.50. The topological polar surface area (TPSA) is 215 Å². The summed E-state index contributed by atoms with van der Waals surface area (Å²) in [7, 11) is 14.0. The van der Waals surface area contributed by atoms with E-state index in [4.69, 9.17) is 64.5 Å². The number of alkyl halides is 2. The zero-order valence-corrected chi connectivity index (χ0v) is 59.3. The van der Waals surface area contributed by atoms with Crippen molar-refractivity contribution in [2.75, 3.05) is 137 Å². The molecule has 8 aromatic carbocycles. The minimum atomic E-state index is 0.0347. The molecule has 0 bridgehead atoms. The number of fused-ring (bicyclic) bond motifs is 2. The van der Waals surface area contributed by atoms with Gasteiger partial charge in [-0.25, -0.2) is 0 Å². The number of aliphatic imine (C=N–C) groups is 2. The van der Waals surface area contributed by atoms with E-state index in [-0.39, 0.29) is 5.75 Å². The Morgan fingerprint density at radius 2 is 0.802 bits per heavy atom. The molecule has 0 radical (unpaired) electrons. The van der Waals surface area contributed by atoms with Gasteiger partial charge in [0.1, 0.15) is 66.7 Å². The van der Waals surface area contributed by atoms with E-state index in [9.17, 15) is 9.59 Å². The van der Waals surface area contributed by atoms with Gasteiger partial charge in [0.15, 0.2) is 24.1 Å². The summed E-state index contributed by atoms with van der Waals surface area (Å²) in [5.74, 6) is 6.11. The molecular formula is C76H91Br2N7O11. The first-order valence-corrected chi connectivity index (χ1v) is 34.0. The van der Waals surface area contributed by atoms with Crippen LogP contribution in [0.15, 0.2) is 186 Å². The summed E-state index contributed by atoms with van der Waals surface area (Å²) in [6, 6.07) is 54.8. The minimum Gasteiger partial charge on any atom is -0.507 e. The van der Waals surface area contributed by atoms with E-state index < -0.39 is 0 Å². The standard InChI is InChI=1S/C40H46N4O4.C16H16O4.C11H19N3O.C7H6O2.C2H4Br2/c1-43(2)19-9-21-45-31-15-17-35-29(25-31)27-37(41-35)33-11-5-7-13-39(33)47-23-24-48-40-14-8-6-12-34(40)38-28-30-26-32(16-18-36(30)42-38)46-22-10-20-44(3)4;1-18-15-8-4-5-9-16(15)20-11-10-19-14-7-3-2-6-13(14)12-17;1-14(2)6-3-7-15-9-4-5-10(12)11(13)8-9;8-5-6-3-1-2-4-7(6)9;3-1-2-4/h5-8,11-18,25-26H,9-10,19-24,27-28H2,1-4H3;2-9,12H,10-11H2,1H3;4-5,8H,3,6-7,12-13H2,1-2H3;1-5,9H;1-2H2. The molecule has 18 nitrogen and oxygen atoms in total. The lowest BCUT2D eigenvalue weighted by Gasteiger charge is -2.14. The first kappa shape index (κ1) is 76.1. The van der Waals surface area contributed by atoms with E-state index in [1.54, 1.807) is 55.6 Å². The molecule has 20 heteroatoms. The summed E-state index contributed by atoms with van der Waals surface area (Å²) in [6.07, 6.45) is 5.85. The second-order valence-electron chi connectivity index (χ2n) is 22.6. The number of anilines is 2. The number of nitrogens with two attached hydrogens (primary N) is 2. The SMILES string of the molecule is BrCCBr.CN(C)CCCOc1ccc(N)c(N)c1.CN(C)CCCOc1ccc2c(c1)CC(c1ccccc1OCCOc1ccccc1C1=Nc3ccc(OCCCN(C)C)cc3C1)=N2.COc1ccccc1OCCOc1ccccc1C=O.O=Cc1ccccc1O. The lowest BCUT2D eigenvalue weighted by atomic mass is 10.0. The number of rotatable bonds is 31. The Labute approximate surface area is 583 Å². The van der Waals surface area contributed by atoms with Gasteiger partial charge in [-0.2, -0.15) is 0 Å². The second-order valence-corrected chi connectivity index (χ2v) is 24.2.